The van der Waals surface area contributed by atoms with Crippen molar-refractivity contribution in [2.75, 3.05) is 0 Å². The van der Waals surface area contributed by atoms with Gasteiger partial charge in [-0.2, -0.15) is 18.2 Å². The molecular weight excluding hydrogens is 235 g/mol. The summed E-state index contributed by atoms with van der Waals surface area (Å²) in [5.74, 6) is -1.34. The fourth-order valence-corrected chi connectivity index (χ4v) is 2.11. The van der Waals surface area contributed by atoms with Crippen LogP contribution in [0.5, 0.6) is 0 Å². The van der Waals surface area contributed by atoms with Crippen LogP contribution in [0.15, 0.2) is 4.52 Å². The number of nitrogens with two attached hydrogens (primary N) is 1. The van der Waals surface area contributed by atoms with Gasteiger partial charge in [0.15, 0.2) is 0 Å². The molecule has 0 aromatic carbocycles. The Bertz CT molecular complexity index is 380. The topological polar surface area (TPSA) is 64.9 Å². The highest BCUT2D eigenvalue weighted by atomic mass is 19.4. The number of aromatic nitrogens is 2. The van der Waals surface area contributed by atoms with Crippen molar-refractivity contribution in [3.05, 3.63) is 11.7 Å². The van der Waals surface area contributed by atoms with Gasteiger partial charge in [0.05, 0.1) is 5.54 Å². The first-order valence-corrected chi connectivity index (χ1v) is 5.62. The van der Waals surface area contributed by atoms with Crippen LogP contribution >= 0.6 is 0 Å². The third kappa shape index (κ3) is 2.59. The molecule has 1 aromatic heterocycles. The van der Waals surface area contributed by atoms with Gasteiger partial charge >= 0.3 is 6.18 Å². The average molecular weight is 249 g/mol. The molecule has 0 aliphatic heterocycles. The minimum atomic E-state index is -4.58. The Balaban J connectivity index is 2.23. The molecule has 0 spiro atoms. The van der Waals surface area contributed by atoms with E-state index in [9.17, 15) is 13.2 Å². The zero-order valence-electron chi connectivity index (χ0n) is 9.26. The molecule has 96 valence electrons. The number of alkyl halides is 3. The smallest absolute Gasteiger partial charge is 0.337 e. The highest BCUT2D eigenvalue weighted by Gasteiger charge is 2.41. The van der Waals surface area contributed by atoms with E-state index in [0.717, 1.165) is 25.7 Å². The summed E-state index contributed by atoms with van der Waals surface area (Å²) in [6, 6.07) is 0. The minimum absolute atomic E-state index is 0.0910. The van der Waals surface area contributed by atoms with E-state index >= 15 is 0 Å². The summed E-state index contributed by atoms with van der Waals surface area (Å²) in [4.78, 5) is 3.39. The van der Waals surface area contributed by atoms with E-state index in [1.165, 1.54) is 0 Å². The van der Waals surface area contributed by atoms with Crippen molar-refractivity contribution in [1.29, 1.82) is 0 Å². The number of hydrogen-bond donors (Lipinski definition) is 1. The number of nitrogens with zero attached hydrogens (tertiary/aromatic N) is 2. The predicted octanol–water partition coefficient (Wildman–Crippen LogP) is 2.60. The van der Waals surface area contributed by atoms with Gasteiger partial charge in [-0.25, -0.2) is 0 Å². The molecule has 2 rings (SSSR count). The van der Waals surface area contributed by atoms with Crippen LogP contribution in [0.4, 0.5) is 13.2 Å². The van der Waals surface area contributed by atoms with Gasteiger partial charge in [-0.15, -0.1) is 0 Å². The standard InChI is InChI=1S/C10H14F3N3O/c11-10(12,13)7-15-8(17-16-7)9(14)5-3-1-2-4-6-9/h1-6,14H2. The summed E-state index contributed by atoms with van der Waals surface area (Å²) in [7, 11) is 0. The molecule has 0 amide bonds. The van der Waals surface area contributed by atoms with Crippen LogP contribution in [-0.2, 0) is 11.7 Å². The highest BCUT2D eigenvalue weighted by Crippen LogP contribution is 2.34. The van der Waals surface area contributed by atoms with Crippen LogP contribution in [-0.4, -0.2) is 10.1 Å². The van der Waals surface area contributed by atoms with E-state index in [4.69, 9.17) is 5.73 Å². The van der Waals surface area contributed by atoms with Crippen molar-refractivity contribution in [3.63, 3.8) is 0 Å². The Morgan fingerprint density at radius 3 is 2.18 bits per heavy atom. The molecule has 0 saturated heterocycles. The van der Waals surface area contributed by atoms with Gasteiger partial charge in [0.1, 0.15) is 0 Å². The quantitative estimate of drug-likeness (QED) is 0.777. The summed E-state index contributed by atoms with van der Waals surface area (Å²) < 4.78 is 41.7. The van der Waals surface area contributed by atoms with Crippen LogP contribution in [0.3, 0.4) is 0 Å². The second kappa shape index (κ2) is 4.29. The third-order valence-electron chi connectivity index (χ3n) is 3.10. The Morgan fingerprint density at radius 1 is 1.12 bits per heavy atom. The largest absolute Gasteiger partial charge is 0.455 e. The lowest BCUT2D eigenvalue weighted by Crippen LogP contribution is -2.36. The van der Waals surface area contributed by atoms with Crippen molar-refractivity contribution in [3.8, 4) is 0 Å². The fraction of sp³-hybridized carbons (Fsp3) is 0.800. The first-order valence-electron chi connectivity index (χ1n) is 5.62. The molecule has 0 bridgehead atoms. The first kappa shape index (κ1) is 12.3. The summed E-state index contributed by atoms with van der Waals surface area (Å²) in [5.41, 5.74) is 5.18. The summed E-state index contributed by atoms with van der Waals surface area (Å²) in [5, 5.41) is 2.95. The molecule has 2 N–H and O–H groups in total. The van der Waals surface area contributed by atoms with Gasteiger partial charge < -0.3 is 10.3 Å². The van der Waals surface area contributed by atoms with Crippen molar-refractivity contribution in [2.45, 2.75) is 50.2 Å². The zero-order chi connectivity index (χ0) is 12.5. The number of halogens is 3. The summed E-state index contributed by atoms with van der Waals surface area (Å²) >= 11 is 0. The van der Waals surface area contributed by atoms with Gasteiger partial charge in [-0.05, 0) is 12.8 Å². The molecular formula is C10H14F3N3O. The minimum Gasteiger partial charge on any atom is -0.337 e. The maximum Gasteiger partial charge on any atom is 0.455 e. The molecule has 1 fully saturated rings. The maximum atomic E-state index is 12.3. The molecule has 17 heavy (non-hydrogen) atoms. The second-order valence-corrected chi connectivity index (χ2v) is 4.49. The van der Waals surface area contributed by atoms with Crippen LogP contribution < -0.4 is 5.73 Å². The molecule has 0 radical (unpaired) electrons. The molecule has 0 atom stereocenters. The number of hydrogen-bond acceptors (Lipinski definition) is 4. The molecule has 7 heteroatoms. The number of rotatable bonds is 1. The summed E-state index contributed by atoms with van der Waals surface area (Å²) in [6.07, 6.45) is 0.431. The van der Waals surface area contributed by atoms with Gasteiger partial charge in [0.2, 0.25) is 5.89 Å². The molecule has 1 aliphatic carbocycles. The lowest BCUT2D eigenvalue weighted by atomic mass is 9.91. The zero-order valence-corrected chi connectivity index (χ0v) is 9.26. The Kier molecular flexibility index (Phi) is 3.11. The SMILES string of the molecule is NC1(c2nc(C(F)(F)F)no2)CCCCCC1. The normalized spacial score (nSPS) is 21.2. The van der Waals surface area contributed by atoms with Crippen LogP contribution in [0.25, 0.3) is 0 Å². The van der Waals surface area contributed by atoms with Gasteiger partial charge in [0.25, 0.3) is 5.82 Å². The second-order valence-electron chi connectivity index (χ2n) is 4.49. The van der Waals surface area contributed by atoms with E-state index in [0.29, 0.717) is 12.8 Å². The molecule has 4 nitrogen and oxygen atoms in total. The first-order chi connectivity index (χ1) is 7.92. The molecule has 1 heterocycles. The van der Waals surface area contributed by atoms with Crippen molar-refractivity contribution in [2.24, 2.45) is 5.73 Å². The van der Waals surface area contributed by atoms with Gasteiger partial charge in [-0.1, -0.05) is 30.8 Å². The predicted molar refractivity (Wildman–Crippen MR) is 52.9 cm³/mol. The van der Waals surface area contributed by atoms with Crippen molar-refractivity contribution in [1.82, 2.24) is 10.1 Å². The maximum absolute atomic E-state index is 12.3. The molecule has 1 aliphatic rings. The lowest BCUT2D eigenvalue weighted by Gasteiger charge is -2.22. The van der Waals surface area contributed by atoms with Crippen LogP contribution in [0.1, 0.15) is 50.2 Å². The Morgan fingerprint density at radius 2 is 1.71 bits per heavy atom. The van der Waals surface area contributed by atoms with E-state index in [-0.39, 0.29) is 5.89 Å². The van der Waals surface area contributed by atoms with Crippen molar-refractivity contribution >= 4 is 0 Å². The Labute approximate surface area is 96.4 Å². The van der Waals surface area contributed by atoms with E-state index < -0.39 is 17.5 Å². The van der Waals surface area contributed by atoms with Gasteiger partial charge in [-0.3, -0.25) is 0 Å². The summed E-state index contributed by atoms with van der Waals surface area (Å²) in [6.45, 7) is 0. The lowest BCUT2D eigenvalue weighted by molar-refractivity contribution is -0.146. The molecule has 1 aromatic rings. The van der Waals surface area contributed by atoms with Crippen LogP contribution in [0.2, 0.25) is 0 Å². The van der Waals surface area contributed by atoms with E-state index in [2.05, 4.69) is 14.7 Å². The molecule has 1 saturated carbocycles. The highest BCUT2D eigenvalue weighted by molar-refractivity contribution is 5.04. The van der Waals surface area contributed by atoms with E-state index in [1.54, 1.807) is 0 Å². The monoisotopic (exact) mass is 249 g/mol. The fourth-order valence-electron chi connectivity index (χ4n) is 2.11. The van der Waals surface area contributed by atoms with Crippen LogP contribution in [0, 0.1) is 0 Å². The molecule has 0 unspecified atom stereocenters. The average Bonchev–Trinajstić information content (AvgIpc) is 2.64. The Hall–Kier alpha value is -1.11. The van der Waals surface area contributed by atoms with Crippen molar-refractivity contribution < 1.29 is 17.7 Å². The van der Waals surface area contributed by atoms with E-state index in [1.807, 2.05) is 0 Å². The third-order valence-corrected chi connectivity index (χ3v) is 3.10. The van der Waals surface area contributed by atoms with Gasteiger partial charge in [0, 0.05) is 0 Å².